The maximum atomic E-state index is 5.69. The third kappa shape index (κ3) is 3.92. The topological polar surface area (TPSA) is 21.6 Å². The van der Waals surface area contributed by atoms with Gasteiger partial charge < -0.3 is 9.32 Å². The zero-order chi connectivity index (χ0) is 17.0. The summed E-state index contributed by atoms with van der Waals surface area (Å²) in [7, 11) is 6.57. The van der Waals surface area contributed by atoms with E-state index in [9.17, 15) is 0 Å². The highest BCUT2D eigenvalue weighted by molar-refractivity contribution is 5.92. The summed E-state index contributed by atoms with van der Waals surface area (Å²) in [6.07, 6.45) is 0.988. The fourth-order valence-corrected chi connectivity index (χ4v) is 2.85. The van der Waals surface area contributed by atoms with Crippen LogP contribution in [0.3, 0.4) is 0 Å². The summed E-state index contributed by atoms with van der Waals surface area (Å²) in [5, 5.41) is 10.00. The molecule has 0 aliphatic carbocycles. The molecule has 3 nitrogen and oxygen atoms in total. The molecule has 24 heavy (non-hydrogen) atoms. The number of nitrogens with zero attached hydrogens (tertiary/aromatic N) is 2. The van der Waals surface area contributed by atoms with Crippen LogP contribution in [0.25, 0.3) is 21.5 Å². The van der Waals surface area contributed by atoms with Crippen molar-refractivity contribution in [2.45, 2.75) is 6.42 Å². The number of hydrogen-bond donors (Lipinski definition) is 0. The highest BCUT2D eigenvalue weighted by Gasteiger charge is 2.06. The van der Waals surface area contributed by atoms with Crippen molar-refractivity contribution >= 4 is 21.5 Å². The molecular weight excluding hydrogens is 296 g/mol. The van der Waals surface area contributed by atoms with Gasteiger partial charge in [-0.3, -0.25) is 0 Å². The van der Waals surface area contributed by atoms with Crippen LogP contribution < -0.4 is 5.36 Å². The van der Waals surface area contributed by atoms with Gasteiger partial charge in [-0.2, -0.15) is 0 Å². The van der Waals surface area contributed by atoms with E-state index in [-0.39, 0.29) is 0 Å². The van der Waals surface area contributed by atoms with Crippen LogP contribution in [0.4, 0.5) is 0 Å². The molecule has 0 bridgehead atoms. The predicted octanol–water partition coefficient (Wildman–Crippen LogP) is 3.92. The minimum atomic E-state index is 0.636. The van der Waals surface area contributed by atoms with Crippen LogP contribution in [0.1, 0.15) is 6.42 Å². The molecule has 0 saturated heterocycles. The number of benzene rings is 2. The molecule has 0 N–H and O–H groups in total. The van der Waals surface area contributed by atoms with Gasteiger partial charge in [0.25, 0.3) is 0 Å². The van der Waals surface area contributed by atoms with Crippen LogP contribution in [-0.2, 0) is 4.84 Å². The van der Waals surface area contributed by atoms with Gasteiger partial charge in [0.15, 0.2) is 0 Å². The Balaban J connectivity index is 2.02. The van der Waals surface area contributed by atoms with Gasteiger partial charge in [-0.1, -0.05) is 65.8 Å². The Kier molecular flexibility index (Phi) is 4.81. The first-order valence-electron chi connectivity index (χ1n) is 8.42. The standard InChI is InChI=1S/C21H25N2O/c1-23(2,3)15-8-16-24-22-21-19-11-6-4-9-17(19)13-14-18-10-5-7-12-20(18)21/h4-7,9-14H,8,15-16H2,1-3H3/q+1. The molecule has 3 aromatic carbocycles. The first-order valence-corrected chi connectivity index (χ1v) is 8.42. The summed E-state index contributed by atoms with van der Waals surface area (Å²) in [5.74, 6) is 0. The Labute approximate surface area is 143 Å². The number of hydrogen-bond acceptors (Lipinski definition) is 2. The summed E-state index contributed by atoms with van der Waals surface area (Å²) in [4.78, 5) is 5.69. The summed E-state index contributed by atoms with van der Waals surface area (Å²) < 4.78 is 0.940. The van der Waals surface area contributed by atoms with E-state index >= 15 is 0 Å². The largest absolute Gasteiger partial charge is 0.395 e. The minimum absolute atomic E-state index is 0.636. The first kappa shape index (κ1) is 16.5. The van der Waals surface area contributed by atoms with Gasteiger partial charge in [-0.15, -0.1) is 0 Å². The summed E-state index contributed by atoms with van der Waals surface area (Å²) in [5.41, 5.74) is 0. The van der Waals surface area contributed by atoms with Gasteiger partial charge in [0, 0.05) is 17.2 Å². The molecule has 0 atom stereocenters. The monoisotopic (exact) mass is 321 g/mol. The lowest BCUT2D eigenvalue weighted by Gasteiger charge is -2.23. The highest BCUT2D eigenvalue weighted by Crippen LogP contribution is 2.15. The molecule has 3 aromatic rings. The molecule has 0 saturated carbocycles. The Morgan fingerprint density at radius 2 is 1.33 bits per heavy atom. The van der Waals surface area contributed by atoms with Crippen molar-refractivity contribution in [3.63, 3.8) is 0 Å². The normalized spacial score (nSPS) is 11.6. The Hall–Kier alpha value is -2.39. The molecule has 0 spiro atoms. The van der Waals surface area contributed by atoms with Gasteiger partial charge in [-0.25, -0.2) is 0 Å². The Morgan fingerprint density at radius 3 is 1.88 bits per heavy atom. The Morgan fingerprint density at radius 1 is 0.792 bits per heavy atom. The van der Waals surface area contributed by atoms with E-state index in [2.05, 4.69) is 74.8 Å². The van der Waals surface area contributed by atoms with Crippen molar-refractivity contribution in [1.29, 1.82) is 0 Å². The molecule has 0 radical (unpaired) electrons. The van der Waals surface area contributed by atoms with E-state index in [1.807, 2.05) is 12.1 Å². The maximum Gasteiger partial charge on any atom is 0.122 e. The SMILES string of the molecule is C[N+](C)(C)CCCON=c1c2ccccc2ccc2ccccc12. The molecule has 0 amide bonds. The van der Waals surface area contributed by atoms with Crippen LogP contribution in [-0.4, -0.2) is 38.8 Å². The third-order valence-corrected chi connectivity index (χ3v) is 4.09. The van der Waals surface area contributed by atoms with Crippen LogP contribution in [0.5, 0.6) is 0 Å². The molecule has 0 aliphatic heterocycles. The van der Waals surface area contributed by atoms with Crippen molar-refractivity contribution in [1.82, 2.24) is 0 Å². The van der Waals surface area contributed by atoms with Crippen molar-refractivity contribution in [3.05, 3.63) is 66.0 Å². The maximum absolute atomic E-state index is 5.69. The van der Waals surface area contributed by atoms with Crippen LogP contribution in [0.2, 0.25) is 0 Å². The third-order valence-electron chi connectivity index (χ3n) is 4.09. The second-order valence-corrected chi connectivity index (χ2v) is 7.15. The summed E-state index contributed by atoms with van der Waals surface area (Å²) >= 11 is 0. The molecule has 0 heterocycles. The van der Waals surface area contributed by atoms with Crippen molar-refractivity contribution in [3.8, 4) is 0 Å². The molecule has 0 aromatic heterocycles. The van der Waals surface area contributed by atoms with Crippen molar-refractivity contribution in [2.75, 3.05) is 34.3 Å². The van der Waals surface area contributed by atoms with Gasteiger partial charge >= 0.3 is 0 Å². The molecule has 0 unspecified atom stereocenters. The number of fused-ring (bicyclic) bond motifs is 2. The summed E-state index contributed by atoms with van der Waals surface area (Å²) in [6, 6.07) is 20.9. The van der Waals surface area contributed by atoms with Crippen molar-refractivity contribution in [2.24, 2.45) is 5.16 Å². The quantitative estimate of drug-likeness (QED) is 0.396. The average molecular weight is 321 g/mol. The van der Waals surface area contributed by atoms with Crippen LogP contribution in [0, 0.1) is 0 Å². The van der Waals surface area contributed by atoms with E-state index in [0.717, 1.165) is 33.6 Å². The minimum Gasteiger partial charge on any atom is -0.395 e. The smallest absolute Gasteiger partial charge is 0.122 e. The van der Waals surface area contributed by atoms with Crippen molar-refractivity contribution < 1.29 is 9.32 Å². The zero-order valence-corrected chi connectivity index (χ0v) is 14.7. The second kappa shape index (κ2) is 7.02. The van der Waals surface area contributed by atoms with E-state index < -0.39 is 0 Å². The molecular formula is C21H25N2O+. The van der Waals surface area contributed by atoms with Crippen LogP contribution in [0.15, 0.2) is 65.8 Å². The van der Waals surface area contributed by atoms with E-state index in [1.165, 1.54) is 10.8 Å². The molecule has 124 valence electrons. The van der Waals surface area contributed by atoms with Gasteiger partial charge in [0.05, 0.1) is 27.7 Å². The number of quaternary nitrogens is 1. The highest BCUT2D eigenvalue weighted by atomic mass is 16.6. The zero-order valence-electron chi connectivity index (χ0n) is 14.7. The molecule has 0 aliphatic rings. The van der Waals surface area contributed by atoms with Gasteiger partial charge in [-0.05, 0) is 10.8 Å². The molecule has 3 heteroatoms. The van der Waals surface area contributed by atoms with E-state index in [4.69, 9.17) is 4.84 Å². The van der Waals surface area contributed by atoms with Gasteiger partial charge in [0.1, 0.15) is 12.0 Å². The molecule has 3 rings (SSSR count). The summed E-state index contributed by atoms with van der Waals surface area (Å²) in [6.45, 7) is 1.70. The number of rotatable bonds is 5. The lowest BCUT2D eigenvalue weighted by molar-refractivity contribution is -0.870. The predicted molar refractivity (Wildman–Crippen MR) is 100 cm³/mol. The van der Waals surface area contributed by atoms with Gasteiger partial charge in [0.2, 0.25) is 0 Å². The Bertz CT molecular complexity index is 849. The fraction of sp³-hybridized carbons (Fsp3) is 0.286. The second-order valence-electron chi connectivity index (χ2n) is 7.15. The van der Waals surface area contributed by atoms with Crippen LogP contribution >= 0.6 is 0 Å². The average Bonchev–Trinajstić information content (AvgIpc) is 2.71. The lowest BCUT2D eigenvalue weighted by Crippen LogP contribution is -2.35. The first-order chi connectivity index (χ1) is 11.5. The van der Waals surface area contributed by atoms with E-state index in [1.54, 1.807) is 0 Å². The van der Waals surface area contributed by atoms with E-state index in [0.29, 0.717) is 6.61 Å². The molecule has 0 fully saturated rings. The lowest BCUT2D eigenvalue weighted by atomic mass is 10.1. The fourth-order valence-electron chi connectivity index (χ4n) is 2.85.